The highest BCUT2D eigenvalue weighted by Crippen LogP contribution is 2.39. The average Bonchev–Trinajstić information content (AvgIpc) is 2.99. The first-order valence-electron chi connectivity index (χ1n) is 8.81. The van der Waals surface area contributed by atoms with E-state index in [1.54, 1.807) is 0 Å². The molecule has 2 aliphatic heterocycles. The number of hydrogen-bond donors (Lipinski definition) is 1. The smallest absolute Gasteiger partial charge is 0.0471 e. The van der Waals surface area contributed by atoms with Gasteiger partial charge in [0, 0.05) is 38.8 Å². The van der Waals surface area contributed by atoms with Gasteiger partial charge in [-0.25, -0.2) is 0 Å². The number of nitrogens with zero attached hydrogens (tertiary/aromatic N) is 1. The van der Waals surface area contributed by atoms with Crippen molar-refractivity contribution in [2.45, 2.75) is 32.1 Å². The summed E-state index contributed by atoms with van der Waals surface area (Å²) in [4.78, 5) is 2.67. The fourth-order valence-corrected chi connectivity index (χ4v) is 4.31. The highest BCUT2D eigenvalue weighted by atomic mass is 16.5. The van der Waals surface area contributed by atoms with Gasteiger partial charge in [-0.3, -0.25) is 0 Å². The second-order valence-electron chi connectivity index (χ2n) is 7.17. The van der Waals surface area contributed by atoms with Gasteiger partial charge in [-0.2, -0.15) is 0 Å². The van der Waals surface area contributed by atoms with Gasteiger partial charge in [0.05, 0.1) is 0 Å². The van der Waals surface area contributed by atoms with E-state index in [-0.39, 0.29) is 0 Å². The van der Waals surface area contributed by atoms with E-state index < -0.39 is 0 Å². The lowest BCUT2D eigenvalue weighted by molar-refractivity contribution is -0.00402. The fraction of sp³-hybridized carbons (Fsp3) is 0.684. The number of nitrogens with two attached hydrogens (primary N) is 1. The molecule has 0 spiro atoms. The topological polar surface area (TPSA) is 38.5 Å². The third-order valence-electron chi connectivity index (χ3n) is 5.91. The van der Waals surface area contributed by atoms with Gasteiger partial charge in [-0.05, 0) is 42.7 Å². The quantitative estimate of drug-likeness (QED) is 0.909. The minimum Gasteiger partial charge on any atom is -0.381 e. The lowest BCUT2D eigenvalue weighted by Gasteiger charge is -2.39. The van der Waals surface area contributed by atoms with Crippen molar-refractivity contribution in [2.75, 3.05) is 39.4 Å². The van der Waals surface area contributed by atoms with Crippen LogP contribution in [-0.4, -0.2) is 44.3 Å². The van der Waals surface area contributed by atoms with Crippen LogP contribution >= 0.6 is 0 Å². The summed E-state index contributed by atoms with van der Waals surface area (Å²) in [5, 5.41) is 0. The molecule has 0 bridgehead atoms. The Balaban J connectivity index is 1.68. The van der Waals surface area contributed by atoms with E-state index in [2.05, 4.69) is 42.2 Å². The van der Waals surface area contributed by atoms with Crippen LogP contribution in [-0.2, 0) is 4.74 Å². The van der Waals surface area contributed by atoms with Crippen LogP contribution in [0.1, 0.15) is 37.7 Å². The summed E-state index contributed by atoms with van der Waals surface area (Å²) in [5.74, 6) is 1.19. The number of benzene rings is 1. The molecule has 1 aromatic rings. The molecule has 3 rings (SSSR count). The van der Waals surface area contributed by atoms with Crippen LogP contribution in [0.5, 0.6) is 0 Å². The van der Waals surface area contributed by atoms with Gasteiger partial charge in [-0.1, -0.05) is 37.3 Å². The van der Waals surface area contributed by atoms with Crippen LogP contribution < -0.4 is 5.73 Å². The normalized spacial score (nSPS) is 28.8. The lowest BCUT2D eigenvalue weighted by Crippen LogP contribution is -2.40. The zero-order chi connectivity index (χ0) is 15.4. The number of likely N-dealkylation sites (tertiary alicyclic amines) is 1. The van der Waals surface area contributed by atoms with Crippen LogP contribution in [0.25, 0.3) is 0 Å². The number of ether oxygens (including phenoxy) is 1. The zero-order valence-corrected chi connectivity index (χ0v) is 13.8. The van der Waals surface area contributed by atoms with Crippen LogP contribution in [0, 0.1) is 11.3 Å². The third-order valence-corrected chi connectivity index (χ3v) is 5.91. The van der Waals surface area contributed by atoms with E-state index in [4.69, 9.17) is 10.5 Å². The standard InChI is InChI=1S/C19H30N2O/c1-2-19(8-10-22-11-9-19)15-21-13-17(12-20)18(14-21)16-6-4-3-5-7-16/h3-7,17-18H,2,8-15,20H2,1H3/t17-,18+/m1/s1. The Morgan fingerprint density at radius 3 is 2.55 bits per heavy atom. The highest BCUT2D eigenvalue weighted by Gasteiger charge is 2.38. The van der Waals surface area contributed by atoms with Crippen molar-refractivity contribution in [1.29, 1.82) is 0 Å². The molecule has 2 saturated heterocycles. The predicted molar refractivity (Wildman–Crippen MR) is 90.9 cm³/mol. The average molecular weight is 302 g/mol. The number of hydrogen-bond acceptors (Lipinski definition) is 3. The van der Waals surface area contributed by atoms with Crippen molar-refractivity contribution >= 4 is 0 Å². The number of rotatable bonds is 5. The van der Waals surface area contributed by atoms with Gasteiger partial charge in [-0.15, -0.1) is 0 Å². The molecule has 3 heteroatoms. The molecule has 2 N–H and O–H groups in total. The van der Waals surface area contributed by atoms with Gasteiger partial charge >= 0.3 is 0 Å². The monoisotopic (exact) mass is 302 g/mol. The molecule has 0 aromatic heterocycles. The predicted octanol–water partition coefficient (Wildman–Crippen LogP) is 2.87. The molecule has 2 aliphatic rings. The first kappa shape index (κ1) is 16.0. The minimum atomic E-state index is 0.461. The molecule has 0 saturated carbocycles. The van der Waals surface area contributed by atoms with Crippen LogP contribution in [0.15, 0.2) is 30.3 Å². The van der Waals surface area contributed by atoms with Gasteiger partial charge in [0.1, 0.15) is 0 Å². The molecule has 1 aromatic carbocycles. The molecule has 0 amide bonds. The maximum Gasteiger partial charge on any atom is 0.0471 e. The lowest BCUT2D eigenvalue weighted by atomic mass is 9.77. The Hall–Kier alpha value is -0.900. The summed E-state index contributed by atoms with van der Waals surface area (Å²) in [7, 11) is 0. The van der Waals surface area contributed by atoms with E-state index in [9.17, 15) is 0 Å². The summed E-state index contributed by atoms with van der Waals surface area (Å²) in [6, 6.07) is 10.9. The maximum atomic E-state index is 6.08. The second kappa shape index (κ2) is 7.12. The molecule has 2 atom stereocenters. The van der Waals surface area contributed by atoms with Crippen LogP contribution in [0.2, 0.25) is 0 Å². The molecule has 122 valence electrons. The van der Waals surface area contributed by atoms with E-state index >= 15 is 0 Å². The molecule has 2 heterocycles. The van der Waals surface area contributed by atoms with Crippen molar-refractivity contribution in [2.24, 2.45) is 17.1 Å². The largest absolute Gasteiger partial charge is 0.381 e. The molecule has 3 nitrogen and oxygen atoms in total. The Morgan fingerprint density at radius 2 is 1.91 bits per heavy atom. The molecular weight excluding hydrogens is 272 g/mol. The zero-order valence-electron chi connectivity index (χ0n) is 13.8. The van der Waals surface area contributed by atoms with Crippen LogP contribution in [0.3, 0.4) is 0 Å². The summed E-state index contributed by atoms with van der Waals surface area (Å²) in [6.07, 6.45) is 3.68. The van der Waals surface area contributed by atoms with E-state index in [0.717, 1.165) is 32.8 Å². The van der Waals surface area contributed by atoms with Gasteiger partial charge < -0.3 is 15.4 Å². The van der Waals surface area contributed by atoms with E-state index in [1.807, 2.05) is 0 Å². The Morgan fingerprint density at radius 1 is 1.18 bits per heavy atom. The van der Waals surface area contributed by atoms with E-state index in [0.29, 0.717) is 17.3 Å². The fourth-order valence-electron chi connectivity index (χ4n) is 4.31. The molecule has 22 heavy (non-hydrogen) atoms. The minimum absolute atomic E-state index is 0.461. The SMILES string of the molecule is CCC1(CN2C[C@@H](CN)[C@H](c3ccccc3)C2)CCOCC1. The van der Waals surface area contributed by atoms with Gasteiger partial charge in [0.2, 0.25) is 0 Å². The van der Waals surface area contributed by atoms with Crippen molar-refractivity contribution in [1.82, 2.24) is 4.90 Å². The molecule has 2 fully saturated rings. The third kappa shape index (κ3) is 3.37. The van der Waals surface area contributed by atoms with E-state index in [1.165, 1.54) is 31.4 Å². The molecular formula is C19H30N2O. The second-order valence-corrected chi connectivity index (χ2v) is 7.17. The van der Waals surface area contributed by atoms with Crippen LogP contribution in [0.4, 0.5) is 0 Å². The summed E-state index contributed by atoms with van der Waals surface area (Å²) < 4.78 is 5.59. The first-order chi connectivity index (χ1) is 10.8. The highest BCUT2D eigenvalue weighted by molar-refractivity contribution is 5.22. The summed E-state index contributed by atoms with van der Waals surface area (Å²) >= 11 is 0. The maximum absolute atomic E-state index is 6.08. The Labute approximate surface area is 134 Å². The van der Waals surface area contributed by atoms with Gasteiger partial charge in [0.25, 0.3) is 0 Å². The summed E-state index contributed by atoms with van der Waals surface area (Å²) in [5.41, 5.74) is 7.99. The van der Waals surface area contributed by atoms with Crippen molar-refractivity contribution in [3.8, 4) is 0 Å². The van der Waals surface area contributed by atoms with Crippen molar-refractivity contribution in [3.05, 3.63) is 35.9 Å². The summed E-state index contributed by atoms with van der Waals surface area (Å²) in [6.45, 7) is 8.53. The molecule has 0 aliphatic carbocycles. The first-order valence-corrected chi connectivity index (χ1v) is 8.81. The Kier molecular flexibility index (Phi) is 5.17. The Bertz CT molecular complexity index is 456. The van der Waals surface area contributed by atoms with Gasteiger partial charge in [0.15, 0.2) is 0 Å². The molecule has 0 unspecified atom stereocenters. The van der Waals surface area contributed by atoms with Crippen molar-refractivity contribution < 1.29 is 4.74 Å². The van der Waals surface area contributed by atoms with Crippen molar-refractivity contribution in [3.63, 3.8) is 0 Å². The molecule has 0 radical (unpaired) electrons.